The summed E-state index contributed by atoms with van der Waals surface area (Å²) in [6.07, 6.45) is 0. The van der Waals surface area contributed by atoms with Crippen LogP contribution in [0, 0.1) is 0 Å². The fourth-order valence-electron chi connectivity index (χ4n) is 2.68. The summed E-state index contributed by atoms with van der Waals surface area (Å²) in [5.41, 5.74) is 1.09. The van der Waals surface area contributed by atoms with Crippen molar-refractivity contribution in [1.29, 1.82) is 0 Å². The third-order valence-electron chi connectivity index (χ3n) is 4.07. The monoisotopic (exact) mass is 433 g/mol. The van der Waals surface area contributed by atoms with Crippen LogP contribution in [0.15, 0.2) is 70.4 Å². The van der Waals surface area contributed by atoms with Crippen molar-refractivity contribution in [1.82, 2.24) is 14.5 Å². The standard InChI is InChI=1S/C20H20ClN3O4S/c1-2-28-16-9-7-15(8-10-16)18-11-12-20(25)24(23-18)14-13-22-29(26,27)19-6-4-3-5-17(19)21/h3-12,22H,2,13-14H2,1H3. The normalized spacial score (nSPS) is 11.4. The molecule has 152 valence electrons. The van der Waals surface area contributed by atoms with Crippen LogP contribution < -0.4 is 15.0 Å². The molecule has 0 fully saturated rings. The van der Waals surface area contributed by atoms with Gasteiger partial charge >= 0.3 is 0 Å². The molecule has 0 radical (unpaired) electrons. The molecular formula is C20H20ClN3O4S. The lowest BCUT2D eigenvalue weighted by molar-refractivity contribution is 0.340. The minimum atomic E-state index is -3.79. The third kappa shape index (κ3) is 5.23. The van der Waals surface area contributed by atoms with Crippen LogP contribution in [0.5, 0.6) is 5.75 Å². The first-order chi connectivity index (χ1) is 13.9. The zero-order chi connectivity index (χ0) is 20.9. The Kier molecular flexibility index (Phi) is 6.68. The Bertz CT molecular complexity index is 1140. The highest BCUT2D eigenvalue weighted by Gasteiger charge is 2.16. The van der Waals surface area contributed by atoms with Gasteiger partial charge in [-0.25, -0.2) is 17.8 Å². The van der Waals surface area contributed by atoms with E-state index in [0.717, 1.165) is 11.3 Å². The molecule has 0 aliphatic rings. The number of hydrogen-bond acceptors (Lipinski definition) is 5. The fraction of sp³-hybridized carbons (Fsp3) is 0.200. The van der Waals surface area contributed by atoms with E-state index in [4.69, 9.17) is 16.3 Å². The van der Waals surface area contributed by atoms with E-state index < -0.39 is 10.0 Å². The number of sulfonamides is 1. The highest BCUT2D eigenvalue weighted by molar-refractivity contribution is 7.89. The van der Waals surface area contributed by atoms with Crippen molar-refractivity contribution in [2.24, 2.45) is 0 Å². The van der Waals surface area contributed by atoms with Crippen LogP contribution in [0.3, 0.4) is 0 Å². The Morgan fingerprint density at radius 3 is 2.48 bits per heavy atom. The maximum absolute atomic E-state index is 12.4. The van der Waals surface area contributed by atoms with E-state index in [0.29, 0.717) is 12.3 Å². The fourth-order valence-corrected chi connectivity index (χ4v) is 4.22. The summed E-state index contributed by atoms with van der Waals surface area (Å²) in [6.45, 7) is 2.55. The molecule has 29 heavy (non-hydrogen) atoms. The smallest absolute Gasteiger partial charge is 0.266 e. The molecule has 9 heteroatoms. The van der Waals surface area contributed by atoms with Gasteiger partial charge in [0.05, 0.1) is 23.9 Å². The van der Waals surface area contributed by atoms with Gasteiger partial charge in [-0.15, -0.1) is 0 Å². The maximum atomic E-state index is 12.4. The second-order valence-corrected chi connectivity index (χ2v) is 8.21. The van der Waals surface area contributed by atoms with Crippen molar-refractivity contribution in [2.75, 3.05) is 13.2 Å². The Labute approximate surface area is 174 Å². The van der Waals surface area contributed by atoms with Crippen molar-refractivity contribution in [2.45, 2.75) is 18.4 Å². The zero-order valence-corrected chi connectivity index (χ0v) is 17.3. The van der Waals surface area contributed by atoms with Crippen LogP contribution in [0.25, 0.3) is 11.3 Å². The van der Waals surface area contributed by atoms with Crippen LogP contribution in [-0.4, -0.2) is 31.3 Å². The predicted octanol–water partition coefficient (Wildman–Crippen LogP) is 2.94. The Morgan fingerprint density at radius 2 is 1.79 bits per heavy atom. The van der Waals surface area contributed by atoms with E-state index in [9.17, 15) is 13.2 Å². The maximum Gasteiger partial charge on any atom is 0.266 e. The summed E-state index contributed by atoms with van der Waals surface area (Å²) in [5.74, 6) is 0.749. The van der Waals surface area contributed by atoms with Gasteiger partial charge in [-0.3, -0.25) is 4.79 Å². The summed E-state index contributed by atoms with van der Waals surface area (Å²) in [5, 5.41) is 4.46. The summed E-state index contributed by atoms with van der Waals surface area (Å²) >= 11 is 5.95. The molecule has 0 aliphatic heterocycles. The summed E-state index contributed by atoms with van der Waals surface area (Å²) < 4.78 is 33.9. The minimum Gasteiger partial charge on any atom is -0.494 e. The average Bonchev–Trinajstić information content (AvgIpc) is 2.70. The largest absolute Gasteiger partial charge is 0.494 e. The van der Waals surface area contributed by atoms with E-state index in [2.05, 4.69) is 9.82 Å². The number of nitrogens with zero attached hydrogens (tertiary/aromatic N) is 2. The number of rotatable bonds is 8. The molecule has 1 N–H and O–H groups in total. The lowest BCUT2D eigenvalue weighted by Gasteiger charge is -2.10. The molecule has 1 aromatic heterocycles. The van der Waals surface area contributed by atoms with Gasteiger partial charge in [-0.2, -0.15) is 5.10 Å². The second kappa shape index (κ2) is 9.21. The lowest BCUT2D eigenvalue weighted by atomic mass is 10.1. The first kappa shape index (κ1) is 21.0. The van der Waals surface area contributed by atoms with Gasteiger partial charge in [0.1, 0.15) is 10.6 Å². The molecule has 0 saturated carbocycles. The number of ether oxygens (including phenoxy) is 1. The Balaban J connectivity index is 1.72. The van der Waals surface area contributed by atoms with Crippen molar-refractivity contribution in [3.8, 4) is 17.0 Å². The molecule has 0 saturated heterocycles. The highest BCUT2D eigenvalue weighted by atomic mass is 35.5. The van der Waals surface area contributed by atoms with Crippen LogP contribution in [-0.2, 0) is 16.6 Å². The van der Waals surface area contributed by atoms with Gasteiger partial charge in [0.15, 0.2) is 0 Å². The van der Waals surface area contributed by atoms with Crippen molar-refractivity contribution in [3.05, 3.63) is 76.0 Å². The van der Waals surface area contributed by atoms with E-state index >= 15 is 0 Å². The van der Waals surface area contributed by atoms with Crippen molar-refractivity contribution in [3.63, 3.8) is 0 Å². The number of halogens is 1. The summed E-state index contributed by atoms with van der Waals surface area (Å²) in [4.78, 5) is 12.1. The Hall–Kier alpha value is -2.68. The SMILES string of the molecule is CCOc1ccc(-c2ccc(=O)n(CCNS(=O)(=O)c3ccccc3Cl)n2)cc1. The van der Waals surface area contributed by atoms with Crippen LogP contribution in [0.4, 0.5) is 0 Å². The second-order valence-electron chi connectivity index (χ2n) is 6.07. The number of aromatic nitrogens is 2. The molecule has 0 unspecified atom stereocenters. The van der Waals surface area contributed by atoms with E-state index in [-0.39, 0.29) is 28.6 Å². The molecule has 0 aliphatic carbocycles. The predicted molar refractivity (Wildman–Crippen MR) is 112 cm³/mol. The molecule has 3 aromatic rings. The third-order valence-corrected chi connectivity index (χ3v) is 6.03. The molecule has 0 bridgehead atoms. The van der Waals surface area contributed by atoms with Crippen LogP contribution in [0.2, 0.25) is 5.02 Å². The molecule has 2 aromatic carbocycles. The van der Waals surface area contributed by atoms with Gasteiger partial charge in [0.2, 0.25) is 10.0 Å². The van der Waals surface area contributed by atoms with Gasteiger partial charge < -0.3 is 4.74 Å². The quantitative estimate of drug-likeness (QED) is 0.589. The van der Waals surface area contributed by atoms with Gasteiger partial charge in [0.25, 0.3) is 5.56 Å². The lowest BCUT2D eigenvalue weighted by Crippen LogP contribution is -2.32. The summed E-state index contributed by atoms with van der Waals surface area (Å²) in [6, 6.07) is 16.5. The first-order valence-corrected chi connectivity index (χ1v) is 10.8. The number of hydrogen-bond donors (Lipinski definition) is 1. The molecule has 7 nitrogen and oxygen atoms in total. The topological polar surface area (TPSA) is 90.3 Å². The average molecular weight is 434 g/mol. The van der Waals surface area contributed by atoms with Crippen molar-refractivity contribution >= 4 is 21.6 Å². The highest BCUT2D eigenvalue weighted by Crippen LogP contribution is 2.21. The first-order valence-electron chi connectivity index (χ1n) is 8.96. The molecular weight excluding hydrogens is 414 g/mol. The number of benzene rings is 2. The minimum absolute atomic E-state index is 0.00675. The molecule has 1 heterocycles. The summed E-state index contributed by atoms with van der Waals surface area (Å²) in [7, 11) is -3.79. The van der Waals surface area contributed by atoms with Gasteiger partial charge in [0, 0.05) is 18.2 Å². The molecule has 0 amide bonds. The van der Waals surface area contributed by atoms with Gasteiger partial charge in [-0.05, 0) is 49.4 Å². The molecule has 0 spiro atoms. The van der Waals surface area contributed by atoms with Crippen LogP contribution >= 0.6 is 11.6 Å². The van der Waals surface area contributed by atoms with E-state index in [1.54, 1.807) is 18.2 Å². The van der Waals surface area contributed by atoms with Crippen LogP contribution in [0.1, 0.15) is 6.92 Å². The Morgan fingerprint density at radius 1 is 1.07 bits per heavy atom. The number of nitrogens with one attached hydrogen (secondary N) is 1. The van der Waals surface area contributed by atoms with Crippen molar-refractivity contribution < 1.29 is 13.2 Å². The van der Waals surface area contributed by atoms with E-state index in [1.807, 2.05) is 31.2 Å². The molecule has 0 atom stereocenters. The molecule has 3 rings (SSSR count). The van der Waals surface area contributed by atoms with Gasteiger partial charge in [-0.1, -0.05) is 23.7 Å². The zero-order valence-electron chi connectivity index (χ0n) is 15.7. The van der Waals surface area contributed by atoms with E-state index in [1.165, 1.54) is 22.9 Å².